The Morgan fingerprint density at radius 1 is 1.03 bits per heavy atom. The number of carbonyl (C=O) groups excluding carboxylic acids is 1. The molecule has 0 aromatic carbocycles. The lowest BCUT2D eigenvalue weighted by Gasteiger charge is -2.57. The Kier molecular flexibility index (Phi) is 5.82. The van der Waals surface area contributed by atoms with Crippen LogP contribution in [0.4, 0.5) is 0 Å². The standard InChI is InChI=1S/C27H44O2/c1-17(2)7-6-8-18(3)21-9-10-22-25-23(12-14-27(21,22)5)26(4)13-11-20(28)15-19(26)16-24(25)29/h16-18,20-23,25,28H,6-15H2,1-5H3/t18-,20+,21-,22-,23+,25+,26+,27-/m1/s1. The van der Waals surface area contributed by atoms with Crippen molar-refractivity contribution in [1.82, 2.24) is 0 Å². The van der Waals surface area contributed by atoms with E-state index in [1.807, 2.05) is 6.08 Å². The Morgan fingerprint density at radius 2 is 1.79 bits per heavy atom. The number of rotatable bonds is 5. The van der Waals surface area contributed by atoms with Crippen molar-refractivity contribution in [2.24, 2.45) is 46.3 Å². The van der Waals surface area contributed by atoms with Gasteiger partial charge in [-0.1, -0.05) is 59.5 Å². The van der Waals surface area contributed by atoms with E-state index in [0.717, 1.165) is 37.0 Å². The summed E-state index contributed by atoms with van der Waals surface area (Å²) in [6.45, 7) is 12.1. The summed E-state index contributed by atoms with van der Waals surface area (Å²) in [4.78, 5) is 13.4. The van der Waals surface area contributed by atoms with Gasteiger partial charge in [0.15, 0.2) is 5.78 Å². The van der Waals surface area contributed by atoms with Crippen molar-refractivity contribution in [2.45, 2.75) is 105 Å². The molecule has 4 aliphatic rings. The zero-order valence-corrected chi connectivity index (χ0v) is 19.5. The number of aliphatic hydroxyl groups is 1. The van der Waals surface area contributed by atoms with Crippen LogP contribution in [-0.4, -0.2) is 17.0 Å². The van der Waals surface area contributed by atoms with Gasteiger partial charge < -0.3 is 5.11 Å². The van der Waals surface area contributed by atoms with Crippen LogP contribution in [0.5, 0.6) is 0 Å². The van der Waals surface area contributed by atoms with E-state index in [1.54, 1.807) is 0 Å². The van der Waals surface area contributed by atoms with E-state index in [1.165, 1.54) is 50.5 Å². The average Bonchev–Trinajstić information content (AvgIpc) is 3.00. The first-order valence-corrected chi connectivity index (χ1v) is 12.6. The number of allylic oxidation sites excluding steroid dienone is 1. The molecule has 2 heteroatoms. The second kappa shape index (κ2) is 7.81. The Bertz CT molecular complexity index is 663. The van der Waals surface area contributed by atoms with E-state index in [-0.39, 0.29) is 17.4 Å². The molecule has 0 bridgehead atoms. The molecule has 4 aliphatic carbocycles. The van der Waals surface area contributed by atoms with Gasteiger partial charge in [0, 0.05) is 5.92 Å². The Morgan fingerprint density at radius 3 is 2.52 bits per heavy atom. The molecule has 0 amide bonds. The Labute approximate surface area is 178 Å². The molecule has 0 aromatic rings. The fraction of sp³-hybridized carbons (Fsp3) is 0.889. The van der Waals surface area contributed by atoms with Crippen LogP contribution < -0.4 is 0 Å². The first kappa shape index (κ1) is 21.6. The van der Waals surface area contributed by atoms with Gasteiger partial charge in [-0.25, -0.2) is 0 Å². The summed E-state index contributed by atoms with van der Waals surface area (Å²) in [6.07, 6.45) is 13.6. The largest absolute Gasteiger partial charge is 0.393 e. The third-order valence-corrected chi connectivity index (χ3v) is 10.1. The lowest BCUT2D eigenvalue weighted by Crippen LogP contribution is -2.53. The van der Waals surface area contributed by atoms with E-state index in [4.69, 9.17) is 0 Å². The van der Waals surface area contributed by atoms with Gasteiger partial charge in [0.25, 0.3) is 0 Å². The summed E-state index contributed by atoms with van der Waals surface area (Å²) < 4.78 is 0. The predicted molar refractivity (Wildman–Crippen MR) is 119 cm³/mol. The van der Waals surface area contributed by atoms with Crippen LogP contribution in [0.1, 0.15) is 98.8 Å². The number of hydrogen-bond acceptors (Lipinski definition) is 2. The SMILES string of the molecule is CC(C)CCC[C@@H](C)[C@H]1CC[C@@H]2[C@@H]3C(=O)C=C4C[C@@H](O)CC[C@]4(C)[C@H]3CC[C@@]21C. The summed E-state index contributed by atoms with van der Waals surface area (Å²) in [5, 5.41) is 10.2. The van der Waals surface area contributed by atoms with Crippen LogP contribution >= 0.6 is 0 Å². The van der Waals surface area contributed by atoms with E-state index in [9.17, 15) is 9.90 Å². The van der Waals surface area contributed by atoms with Crippen molar-refractivity contribution in [1.29, 1.82) is 0 Å². The molecular formula is C27H44O2. The summed E-state index contributed by atoms with van der Waals surface area (Å²) in [7, 11) is 0. The molecule has 3 fully saturated rings. The van der Waals surface area contributed by atoms with E-state index >= 15 is 0 Å². The number of ketones is 1. The maximum atomic E-state index is 13.4. The second-order valence-corrected chi connectivity index (χ2v) is 12.2. The van der Waals surface area contributed by atoms with Gasteiger partial charge in [-0.15, -0.1) is 0 Å². The molecule has 0 saturated heterocycles. The highest BCUT2D eigenvalue weighted by atomic mass is 16.3. The number of aliphatic hydroxyl groups excluding tert-OH is 1. The molecule has 164 valence electrons. The van der Waals surface area contributed by atoms with Gasteiger partial charge in [-0.3, -0.25) is 4.79 Å². The van der Waals surface area contributed by atoms with E-state index in [2.05, 4.69) is 34.6 Å². The minimum atomic E-state index is -0.241. The minimum Gasteiger partial charge on any atom is -0.393 e. The van der Waals surface area contributed by atoms with Crippen LogP contribution in [-0.2, 0) is 4.79 Å². The topological polar surface area (TPSA) is 37.3 Å². The third-order valence-electron chi connectivity index (χ3n) is 10.1. The average molecular weight is 401 g/mol. The summed E-state index contributed by atoms with van der Waals surface area (Å²) in [5.41, 5.74) is 1.77. The first-order chi connectivity index (χ1) is 13.7. The van der Waals surface area contributed by atoms with Crippen molar-refractivity contribution < 1.29 is 9.90 Å². The minimum absolute atomic E-state index is 0.153. The molecule has 0 spiro atoms. The number of hydrogen-bond donors (Lipinski definition) is 1. The highest BCUT2D eigenvalue weighted by molar-refractivity contribution is 5.94. The zero-order valence-electron chi connectivity index (χ0n) is 19.5. The van der Waals surface area contributed by atoms with Crippen LogP contribution in [0, 0.1) is 46.3 Å². The van der Waals surface area contributed by atoms with Crippen LogP contribution in [0.2, 0.25) is 0 Å². The molecule has 4 rings (SSSR count). The highest BCUT2D eigenvalue weighted by Gasteiger charge is 2.61. The maximum absolute atomic E-state index is 13.4. The van der Waals surface area contributed by atoms with Crippen LogP contribution in [0.3, 0.4) is 0 Å². The first-order valence-electron chi connectivity index (χ1n) is 12.6. The lowest BCUT2D eigenvalue weighted by atomic mass is 9.46. The number of carbonyl (C=O) groups is 1. The molecule has 0 aromatic heterocycles. The zero-order chi connectivity index (χ0) is 21.0. The Balaban J connectivity index is 1.54. The molecule has 1 N–H and O–H groups in total. The smallest absolute Gasteiger partial charge is 0.159 e. The normalized spacial score (nSPS) is 45.4. The molecule has 8 atom stereocenters. The molecule has 0 heterocycles. The highest BCUT2D eigenvalue weighted by Crippen LogP contribution is 2.66. The maximum Gasteiger partial charge on any atom is 0.159 e. The Hall–Kier alpha value is -0.630. The second-order valence-electron chi connectivity index (χ2n) is 12.2. The summed E-state index contributed by atoms with van der Waals surface area (Å²) in [6, 6.07) is 0. The van der Waals surface area contributed by atoms with Gasteiger partial charge in [0.1, 0.15) is 0 Å². The third kappa shape index (κ3) is 3.56. The van der Waals surface area contributed by atoms with E-state index in [0.29, 0.717) is 23.0 Å². The van der Waals surface area contributed by atoms with Crippen LogP contribution in [0.25, 0.3) is 0 Å². The monoisotopic (exact) mass is 400 g/mol. The van der Waals surface area contributed by atoms with Crippen molar-refractivity contribution in [2.75, 3.05) is 0 Å². The molecule has 0 radical (unpaired) electrons. The van der Waals surface area contributed by atoms with Crippen molar-refractivity contribution >= 4 is 5.78 Å². The molecular weight excluding hydrogens is 356 g/mol. The van der Waals surface area contributed by atoms with Gasteiger partial charge in [0.05, 0.1) is 6.10 Å². The molecule has 2 nitrogen and oxygen atoms in total. The van der Waals surface area contributed by atoms with Gasteiger partial charge in [-0.2, -0.15) is 0 Å². The molecule has 0 unspecified atom stereocenters. The van der Waals surface area contributed by atoms with Crippen LogP contribution in [0.15, 0.2) is 11.6 Å². The van der Waals surface area contributed by atoms with Gasteiger partial charge in [0.2, 0.25) is 0 Å². The van der Waals surface area contributed by atoms with Crippen molar-refractivity contribution in [3.63, 3.8) is 0 Å². The van der Waals surface area contributed by atoms with Crippen molar-refractivity contribution in [3.05, 3.63) is 11.6 Å². The van der Waals surface area contributed by atoms with Crippen molar-refractivity contribution in [3.8, 4) is 0 Å². The summed E-state index contributed by atoms with van der Waals surface area (Å²) in [5.74, 6) is 4.11. The quantitative estimate of drug-likeness (QED) is 0.567. The number of fused-ring (bicyclic) bond motifs is 5. The lowest BCUT2D eigenvalue weighted by molar-refractivity contribution is -0.135. The predicted octanol–water partition coefficient (Wildman–Crippen LogP) is 6.57. The molecule has 3 saturated carbocycles. The van der Waals surface area contributed by atoms with Gasteiger partial charge in [-0.05, 0) is 91.4 Å². The fourth-order valence-electron chi connectivity index (χ4n) is 8.41. The molecule has 29 heavy (non-hydrogen) atoms. The van der Waals surface area contributed by atoms with Gasteiger partial charge >= 0.3 is 0 Å². The molecule has 0 aliphatic heterocycles. The van der Waals surface area contributed by atoms with E-state index < -0.39 is 0 Å². The summed E-state index contributed by atoms with van der Waals surface area (Å²) >= 11 is 0. The fourth-order valence-corrected chi connectivity index (χ4v) is 8.41.